The van der Waals surface area contributed by atoms with Crippen molar-refractivity contribution < 1.29 is 9.53 Å². The molecule has 1 aliphatic rings. The van der Waals surface area contributed by atoms with Crippen molar-refractivity contribution in [3.05, 3.63) is 50.6 Å². The molecule has 0 saturated carbocycles. The first kappa shape index (κ1) is 17.0. The Morgan fingerprint density at radius 3 is 2.58 bits per heavy atom. The Morgan fingerprint density at radius 2 is 2.04 bits per heavy atom. The maximum Gasteiger partial charge on any atom is 0.239 e. The summed E-state index contributed by atoms with van der Waals surface area (Å²) in [7, 11) is 3.24. The fourth-order valence-electron chi connectivity index (χ4n) is 3.01. The van der Waals surface area contributed by atoms with Crippen LogP contribution in [0, 0.1) is 5.41 Å². The van der Waals surface area contributed by atoms with Crippen molar-refractivity contribution in [3.8, 4) is 5.75 Å². The number of nitrogens with one attached hydrogen (secondary N) is 2. The molecule has 3 rings (SSSR count). The maximum atomic E-state index is 13.0. The Kier molecular flexibility index (Phi) is 4.40. The van der Waals surface area contributed by atoms with E-state index in [0.717, 1.165) is 20.7 Å². The Balaban J connectivity index is 2.12. The second-order valence-electron chi connectivity index (χ2n) is 5.91. The number of benzene rings is 1. The molecule has 1 fully saturated rings. The predicted molar refractivity (Wildman–Crippen MR) is 98.7 cm³/mol. The molecule has 24 heavy (non-hydrogen) atoms. The van der Waals surface area contributed by atoms with E-state index in [2.05, 4.69) is 21.2 Å². The van der Waals surface area contributed by atoms with Crippen molar-refractivity contribution in [1.29, 1.82) is 5.41 Å². The maximum absolute atomic E-state index is 13.0. The Hall–Kier alpha value is -1.86. The van der Waals surface area contributed by atoms with Crippen LogP contribution in [0.25, 0.3) is 0 Å². The zero-order valence-electron chi connectivity index (χ0n) is 13.6. The molecule has 1 saturated heterocycles. The quantitative estimate of drug-likeness (QED) is 0.817. The monoisotopic (exact) mass is 407 g/mol. The molecule has 1 aromatic heterocycles. The molecule has 2 heterocycles. The van der Waals surface area contributed by atoms with E-state index >= 15 is 0 Å². The van der Waals surface area contributed by atoms with Crippen LogP contribution in [0.4, 0.5) is 0 Å². The van der Waals surface area contributed by atoms with Gasteiger partial charge in [0.05, 0.1) is 18.6 Å². The highest BCUT2D eigenvalue weighted by molar-refractivity contribution is 9.10. The first-order chi connectivity index (χ1) is 11.4. The van der Waals surface area contributed by atoms with Crippen molar-refractivity contribution in [2.45, 2.75) is 18.4 Å². The second-order valence-corrected chi connectivity index (χ2v) is 7.74. The van der Waals surface area contributed by atoms with E-state index in [0.29, 0.717) is 0 Å². The van der Waals surface area contributed by atoms with Crippen LogP contribution in [0.2, 0.25) is 0 Å². The van der Waals surface area contributed by atoms with Crippen LogP contribution in [-0.2, 0) is 10.3 Å². The first-order valence-electron chi connectivity index (χ1n) is 7.39. The van der Waals surface area contributed by atoms with E-state index < -0.39 is 11.5 Å². The van der Waals surface area contributed by atoms with Crippen LogP contribution in [0.5, 0.6) is 5.75 Å². The third-order valence-corrected chi connectivity index (χ3v) is 6.33. The number of hydrogen-bond donors (Lipinski definition) is 2. The Labute approximate surface area is 153 Å². The zero-order chi connectivity index (χ0) is 17.5. The lowest BCUT2D eigenvalue weighted by molar-refractivity contribution is -0.131. The molecular weight excluding hydrogens is 390 g/mol. The number of amides is 1. The topological polar surface area (TPSA) is 65.4 Å². The molecule has 1 aliphatic heterocycles. The third-order valence-electron chi connectivity index (χ3n) is 4.40. The summed E-state index contributed by atoms with van der Waals surface area (Å²) in [5.41, 5.74) is 0.200. The normalized spacial score (nSPS) is 24.0. The van der Waals surface area contributed by atoms with E-state index in [-0.39, 0.29) is 11.9 Å². The molecule has 1 aromatic carbocycles. The summed E-state index contributed by atoms with van der Waals surface area (Å²) in [5, 5.41) is 13.3. The van der Waals surface area contributed by atoms with E-state index in [1.54, 1.807) is 25.5 Å². The van der Waals surface area contributed by atoms with Gasteiger partial charge in [-0.25, -0.2) is 0 Å². The molecule has 2 atom stereocenters. The minimum absolute atomic E-state index is 0.101. The summed E-state index contributed by atoms with van der Waals surface area (Å²) in [4.78, 5) is 15.4. The van der Waals surface area contributed by atoms with Gasteiger partial charge in [-0.1, -0.05) is 12.1 Å². The summed E-state index contributed by atoms with van der Waals surface area (Å²) in [6, 6.07) is 9.53. The Morgan fingerprint density at radius 1 is 1.38 bits per heavy atom. The molecule has 7 heteroatoms. The molecule has 5 nitrogen and oxygen atoms in total. The minimum Gasteiger partial charge on any atom is -0.497 e. The lowest BCUT2D eigenvalue weighted by Gasteiger charge is -2.45. The number of hydrogen-bond acceptors (Lipinski definition) is 4. The highest BCUT2D eigenvalue weighted by Gasteiger charge is 2.49. The summed E-state index contributed by atoms with van der Waals surface area (Å²) in [5.74, 6) is 0.317. The summed E-state index contributed by atoms with van der Waals surface area (Å²) >= 11 is 5.04. The largest absolute Gasteiger partial charge is 0.497 e. The number of carbonyl (C=O) groups is 1. The molecule has 1 amide bonds. The van der Waals surface area contributed by atoms with E-state index in [1.807, 2.05) is 42.6 Å². The summed E-state index contributed by atoms with van der Waals surface area (Å²) < 4.78 is 6.18. The van der Waals surface area contributed by atoms with Gasteiger partial charge in [0.2, 0.25) is 5.91 Å². The average Bonchev–Trinajstić information content (AvgIpc) is 3.01. The van der Waals surface area contributed by atoms with Gasteiger partial charge in [0.1, 0.15) is 5.75 Å². The highest BCUT2D eigenvalue weighted by Crippen LogP contribution is 2.43. The Bertz CT molecular complexity index is 789. The third kappa shape index (κ3) is 2.71. The number of nitrogens with zero attached hydrogens (tertiary/aromatic N) is 1. The number of thiophene rings is 1. The van der Waals surface area contributed by atoms with E-state index in [9.17, 15) is 4.79 Å². The van der Waals surface area contributed by atoms with Gasteiger partial charge in [-0.2, -0.15) is 0 Å². The van der Waals surface area contributed by atoms with Crippen LogP contribution < -0.4 is 10.1 Å². The molecule has 0 bridgehead atoms. The average molecular weight is 408 g/mol. The van der Waals surface area contributed by atoms with Crippen LogP contribution in [0.1, 0.15) is 23.3 Å². The van der Waals surface area contributed by atoms with Gasteiger partial charge >= 0.3 is 0 Å². The van der Waals surface area contributed by atoms with E-state index in [1.165, 1.54) is 4.90 Å². The molecule has 0 spiro atoms. The number of guanidine groups is 1. The lowest BCUT2D eigenvalue weighted by atomic mass is 9.77. The molecular formula is C17H18BrN3O2S. The molecule has 126 valence electrons. The van der Waals surface area contributed by atoms with Gasteiger partial charge < -0.3 is 10.1 Å². The van der Waals surface area contributed by atoms with Crippen molar-refractivity contribution in [2.75, 3.05) is 14.2 Å². The fourth-order valence-corrected chi connectivity index (χ4v) is 4.59. The second kappa shape index (κ2) is 6.22. The first-order valence-corrected chi connectivity index (χ1v) is 9.07. The van der Waals surface area contributed by atoms with Crippen LogP contribution >= 0.6 is 27.3 Å². The predicted octanol–water partition coefficient (Wildman–Crippen LogP) is 3.51. The number of rotatable bonds is 3. The number of ether oxygens (including phenoxy) is 1. The molecule has 0 unspecified atom stereocenters. The van der Waals surface area contributed by atoms with Gasteiger partial charge in [-0.3, -0.25) is 15.1 Å². The molecule has 2 aromatic rings. The SMILES string of the molecule is COc1ccc([C@@H]2C(=O)N(C)C(=N)N[C@]2(C)c2cc(Br)cs2)cc1. The van der Waals surface area contributed by atoms with Crippen LogP contribution in [0.3, 0.4) is 0 Å². The zero-order valence-corrected chi connectivity index (χ0v) is 16.0. The van der Waals surface area contributed by atoms with E-state index in [4.69, 9.17) is 10.1 Å². The fraction of sp³-hybridized carbons (Fsp3) is 0.294. The molecule has 2 N–H and O–H groups in total. The summed E-state index contributed by atoms with van der Waals surface area (Å²) in [6.07, 6.45) is 0. The minimum atomic E-state index is -0.689. The summed E-state index contributed by atoms with van der Waals surface area (Å²) in [6.45, 7) is 1.97. The number of carbonyl (C=O) groups excluding carboxylic acids is 1. The van der Waals surface area contributed by atoms with Gasteiger partial charge in [0, 0.05) is 21.8 Å². The molecule has 0 radical (unpaired) electrons. The highest BCUT2D eigenvalue weighted by atomic mass is 79.9. The van der Waals surface area contributed by atoms with Crippen molar-refractivity contribution in [2.24, 2.45) is 0 Å². The number of likely N-dealkylation sites (N-methyl/N-ethyl adjacent to an activating group) is 1. The van der Waals surface area contributed by atoms with Crippen LogP contribution in [-0.4, -0.2) is 30.9 Å². The molecule has 0 aliphatic carbocycles. The van der Waals surface area contributed by atoms with Gasteiger partial charge in [0.25, 0.3) is 0 Å². The lowest BCUT2D eigenvalue weighted by Crippen LogP contribution is -2.62. The smallest absolute Gasteiger partial charge is 0.239 e. The number of halogens is 1. The van der Waals surface area contributed by atoms with Gasteiger partial charge in [0.15, 0.2) is 5.96 Å². The van der Waals surface area contributed by atoms with Crippen molar-refractivity contribution in [1.82, 2.24) is 10.2 Å². The van der Waals surface area contributed by atoms with Crippen LogP contribution in [0.15, 0.2) is 40.2 Å². The van der Waals surface area contributed by atoms with Crippen molar-refractivity contribution in [3.63, 3.8) is 0 Å². The number of methoxy groups -OCH3 is 1. The van der Waals surface area contributed by atoms with Crippen molar-refractivity contribution >= 4 is 39.1 Å². The standard InChI is InChI=1S/C17H18BrN3O2S/c1-17(13-8-11(18)9-24-13)14(15(22)21(2)16(19)20-17)10-4-6-12(23-3)7-5-10/h4-9,14H,1-3H3,(H2,19,20)/t14-,17-/m1/s1. The van der Waals surface area contributed by atoms with Gasteiger partial charge in [-0.15, -0.1) is 11.3 Å². The van der Waals surface area contributed by atoms with Gasteiger partial charge in [-0.05, 0) is 46.6 Å².